The predicted octanol–water partition coefficient (Wildman–Crippen LogP) is 7.63. The lowest BCUT2D eigenvalue weighted by atomic mass is 9.88. The van der Waals surface area contributed by atoms with Gasteiger partial charge in [0.1, 0.15) is 11.6 Å². The summed E-state index contributed by atoms with van der Waals surface area (Å²) in [7, 11) is 0. The zero-order valence-electron chi connectivity index (χ0n) is 24.2. The Labute approximate surface area is 258 Å². The van der Waals surface area contributed by atoms with Crippen LogP contribution in [0.2, 0.25) is 0 Å². The fourth-order valence-corrected chi connectivity index (χ4v) is 6.25. The molecule has 0 spiro atoms. The van der Waals surface area contributed by atoms with E-state index in [9.17, 15) is 14.0 Å². The highest BCUT2D eigenvalue weighted by atomic mass is 32.1. The van der Waals surface area contributed by atoms with Crippen molar-refractivity contribution in [1.29, 1.82) is 0 Å². The summed E-state index contributed by atoms with van der Waals surface area (Å²) in [5.74, 6) is -0.888. The molecule has 0 radical (unpaired) electrons. The number of carbonyl (C=O) groups is 2. The van der Waals surface area contributed by atoms with Crippen molar-refractivity contribution in [3.8, 4) is 22.1 Å². The zero-order chi connectivity index (χ0) is 30.7. The van der Waals surface area contributed by atoms with E-state index in [4.69, 9.17) is 4.74 Å². The standard InChI is InChI=1S/C35H31F2N3O3S/c1-2-14-38-20-24-5-9-27(40-21-24)31-19-28-34(44-31)30(11-15-39-28)43-29-10-6-23(16-26(29)37)18-33(42)35(12-13-35)32(41)17-22-3-7-25(36)8-4-22/h3-11,15-16,19,21,38H,2,12-14,17-18,20H2,1H3. The van der Waals surface area contributed by atoms with Crippen LogP contribution in [0.15, 0.2) is 79.1 Å². The van der Waals surface area contributed by atoms with Crippen molar-refractivity contribution in [1.82, 2.24) is 15.3 Å². The second-order valence-corrected chi connectivity index (χ2v) is 12.2. The molecule has 0 unspecified atom stereocenters. The first kappa shape index (κ1) is 29.7. The van der Waals surface area contributed by atoms with E-state index in [0.717, 1.165) is 45.9 Å². The quantitative estimate of drug-likeness (QED) is 0.109. The van der Waals surface area contributed by atoms with Gasteiger partial charge < -0.3 is 10.1 Å². The molecule has 0 amide bonds. The number of thiophene rings is 1. The van der Waals surface area contributed by atoms with Crippen LogP contribution in [0.3, 0.4) is 0 Å². The number of halogens is 2. The minimum atomic E-state index is -1.04. The van der Waals surface area contributed by atoms with E-state index in [1.165, 1.54) is 35.6 Å². The maximum atomic E-state index is 15.2. The number of fused-ring (bicyclic) bond motifs is 1. The molecule has 9 heteroatoms. The van der Waals surface area contributed by atoms with Gasteiger partial charge in [-0.1, -0.05) is 31.2 Å². The molecular weight excluding hydrogens is 580 g/mol. The lowest BCUT2D eigenvalue weighted by molar-refractivity contribution is -0.133. The summed E-state index contributed by atoms with van der Waals surface area (Å²) in [4.78, 5) is 36.1. The second kappa shape index (κ2) is 12.7. The molecule has 1 fully saturated rings. The molecule has 2 aromatic carbocycles. The van der Waals surface area contributed by atoms with Gasteiger partial charge in [0.05, 0.1) is 26.2 Å². The van der Waals surface area contributed by atoms with Gasteiger partial charge in [-0.2, -0.15) is 0 Å². The number of ketones is 2. The van der Waals surface area contributed by atoms with Crippen LogP contribution in [0.1, 0.15) is 42.9 Å². The zero-order valence-corrected chi connectivity index (χ0v) is 25.1. The van der Waals surface area contributed by atoms with Crippen LogP contribution in [0.25, 0.3) is 20.8 Å². The molecule has 224 valence electrons. The molecule has 5 aromatic rings. The molecule has 0 saturated heterocycles. The number of pyridine rings is 2. The summed E-state index contributed by atoms with van der Waals surface area (Å²) in [6, 6.07) is 17.8. The Kier molecular flexibility index (Phi) is 8.59. The summed E-state index contributed by atoms with van der Waals surface area (Å²) >= 11 is 1.47. The highest BCUT2D eigenvalue weighted by Crippen LogP contribution is 2.49. The van der Waals surface area contributed by atoms with Gasteiger partial charge in [0.25, 0.3) is 0 Å². The third-order valence-electron chi connectivity index (χ3n) is 7.89. The van der Waals surface area contributed by atoms with Crippen molar-refractivity contribution in [3.05, 3.63) is 107 Å². The molecule has 6 rings (SSSR count). The first-order valence-corrected chi connectivity index (χ1v) is 15.5. The number of benzene rings is 2. The molecule has 1 aliphatic rings. The van der Waals surface area contributed by atoms with Gasteiger partial charge in [-0.25, -0.2) is 8.78 Å². The molecular formula is C35H31F2N3O3S. The number of aromatic nitrogens is 2. The van der Waals surface area contributed by atoms with E-state index >= 15 is 4.39 Å². The highest BCUT2D eigenvalue weighted by molar-refractivity contribution is 7.22. The fraction of sp³-hybridized carbons (Fsp3) is 0.257. The average molecular weight is 612 g/mol. The van der Waals surface area contributed by atoms with Crippen LogP contribution >= 0.6 is 11.3 Å². The van der Waals surface area contributed by atoms with Crippen molar-refractivity contribution in [3.63, 3.8) is 0 Å². The predicted molar refractivity (Wildman–Crippen MR) is 167 cm³/mol. The van der Waals surface area contributed by atoms with Crippen LogP contribution < -0.4 is 10.1 Å². The maximum absolute atomic E-state index is 15.2. The fourth-order valence-electron chi connectivity index (χ4n) is 5.21. The Balaban J connectivity index is 1.13. The minimum Gasteiger partial charge on any atom is -0.453 e. The van der Waals surface area contributed by atoms with Gasteiger partial charge in [-0.05, 0) is 78.9 Å². The van der Waals surface area contributed by atoms with Crippen LogP contribution in [-0.4, -0.2) is 28.1 Å². The highest BCUT2D eigenvalue weighted by Gasteiger charge is 2.54. The number of hydrogen-bond donors (Lipinski definition) is 1. The number of nitrogens with zero attached hydrogens (tertiary/aromatic N) is 2. The van der Waals surface area contributed by atoms with Crippen molar-refractivity contribution >= 4 is 33.1 Å². The molecule has 0 bridgehead atoms. The molecule has 0 atom stereocenters. The first-order valence-electron chi connectivity index (χ1n) is 14.7. The largest absolute Gasteiger partial charge is 0.453 e. The Morgan fingerprint density at radius 3 is 2.30 bits per heavy atom. The number of hydrogen-bond acceptors (Lipinski definition) is 7. The monoisotopic (exact) mass is 611 g/mol. The average Bonchev–Trinajstić information content (AvgIpc) is 3.73. The van der Waals surface area contributed by atoms with E-state index in [1.54, 1.807) is 30.5 Å². The third-order valence-corrected chi connectivity index (χ3v) is 9.05. The molecule has 44 heavy (non-hydrogen) atoms. The van der Waals surface area contributed by atoms with Crippen molar-refractivity contribution in [2.45, 2.75) is 45.6 Å². The molecule has 3 heterocycles. The van der Waals surface area contributed by atoms with Gasteiger partial charge in [0.2, 0.25) is 0 Å². The molecule has 0 aliphatic heterocycles. The Morgan fingerprint density at radius 1 is 0.886 bits per heavy atom. The summed E-state index contributed by atoms with van der Waals surface area (Å²) in [5.41, 5.74) is 2.74. The summed E-state index contributed by atoms with van der Waals surface area (Å²) in [6.07, 6.45) is 5.52. The number of Topliss-reactive ketones (excluding diaryl/α,β-unsaturated/α-hetero) is 2. The Morgan fingerprint density at radius 2 is 1.61 bits per heavy atom. The van der Waals surface area contributed by atoms with E-state index in [0.29, 0.717) is 29.7 Å². The lowest BCUT2D eigenvalue weighted by Crippen LogP contribution is -2.28. The van der Waals surface area contributed by atoms with Crippen LogP contribution in [0.4, 0.5) is 8.78 Å². The van der Waals surface area contributed by atoms with Crippen molar-refractivity contribution < 1.29 is 23.1 Å². The van der Waals surface area contributed by atoms with Gasteiger partial charge in [-0.15, -0.1) is 11.3 Å². The van der Waals surface area contributed by atoms with Crippen molar-refractivity contribution in [2.75, 3.05) is 6.54 Å². The van der Waals surface area contributed by atoms with Gasteiger partial charge in [-0.3, -0.25) is 19.6 Å². The Hall–Kier alpha value is -4.34. The van der Waals surface area contributed by atoms with Crippen LogP contribution in [-0.2, 0) is 29.0 Å². The number of rotatable bonds is 13. The van der Waals surface area contributed by atoms with E-state index in [2.05, 4.69) is 28.3 Å². The number of carbonyl (C=O) groups excluding carboxylic acids is 2. The molecule has 1 aliphatic carbocycles. The number of nitrogens with one attached hydrogen (secondary N) is 1. The second-order valence-electron chi connectivity index (χ2n) is 11.1. The third kappa shape index (κ3) is 6.44. The van der Waals surface area contributed by atoms with Crippen molar-refractivity contribution in [2.24, 2.45) is 5.41 Å². The lowest BCUT2D eigenvalue weighted by Gasteiger charge is -2.14. The summed E-state index contributed by atoms with van der Waals surface area (Å²) in [6.45, 7) is 3.85. The number of ether oxygens (including phenoxy) is 1. The summed E-state index contributed by atoms with van der Waals surface area (Å²) in [5, 5.41) is 3.37. The smallest absolute Gasteiger partial charge is 0.166 e. The molecule has 3 aromatic heterocycles. The van der Waals surface area contributed by atoms with E-state index < -0.39 is 11.2 Å². The Bertz CT molecular complexity index is 1820. The SMILES string of the molecule is CCCNCc1ccc(-c2cc3nccc(Oc4ccc(CC(=O)C5(C(=O)Cc6ccc(F)cc6)CC5)cc4F)c3s2)nc1. The topological polar surface area (TPSA) is 81.2 Å². The maximum Gasteiger partial charge on any atom is 0.166 e. The van der Waals surface area contributed by atoms with Gasteiger partial charge in [0, 0.05) is 37.8 Å². The van der Waals surface area contributed by atoms with Crippen LogP contribution in [0, 0.1) is 17.0 Å². The van der Waals surface area contributed by atoms with E-state index in [-0.39, 0.29) is 36.0 Å². The van der Waals surface area contributed by atoms with Crippen LogP contribution in [0.5, 0.6) is 11.5 Å². The molecule has 1 saturated carbocycles. The van der Waals surface area contributed by atoms with Gasteiger partial charge in [0.15, 0.2) is 23.1 Å². The summed E-state index contributed by atoms with van der Waals surface area (Å²) < 4.78 is 35.2. The molecule has 1 N–H and O–H groups in total. The van der Waals surface area contributed by atoms with Gasteiger partial charge >= 0.3 is 0 Å². The molecule has 6 nitrogen and oxygen atoms in total. The van der Waals surface area contributed by atoms with E-state index in [1.807, 2.05) is 18.3 Å². The minimum absolute atomic E-state index is 0.0271. The first-order chi connectivity index (χ1) is 21.3. The normalized spacial score (nSPS) is 13.6.